The van der Waals surface area contributed by atoms with Crippen LogP contribution in [0.4, 0.5) is 4.79 Å². The average Bonchev–Trinajstić information content (AvgIpc) is 1.90. The summed E-state index contributed by atoms with van der Waals surface area (Å²) in [7, 11) is 0. The molecule has 1 heterocycles. The van der Waals surface area contributed by atoms with Gasteiger partial charge in [0.15, 0.2) is 0 Å². The third kappa shape index (κ3) is 1.59. The van der Waals surface area contributed by atoms with Gasteiger partial charge >= 0.3 is 6.03 Å². The summed E-state index contributed by atoms with van der Waals surface area (Å²) in [5, 5.41) is 0. The lowest BCUT2D eigenvalue weighted by Crippen LogP contribution is -2.36. The van der Waals surface area contributed by atoms with E-state index in [0.29, 0.717) is 0 Å². The van der Waals surface area contributed by atoms with Crippen LogP contribution in [0.15, 0.2) is 0 Å². The Hall–Kier alpha value is -0.730. The van der Waals surface area contributed by atoms with Crippen molar-refractivity contribution in [1.29, 1.82) is 0 Å². The second kappa shape index (κ2) is 2.71. The minimum absolute atomic E-state index is 0.324. The Kier molecular flexibility index (Phi) is 1.92. The van der Waals surface area contributed by atoms with E-state index in [1.165, 1.54) is 6.42 Å². The number of nitrogens with zero attached hydrogens (tertiary/aromatic N) is 1. The minimum atomic E-state index is -0.324. The van der Waals surface area contributed by atoms with Crippen molar-refractivity contribution in [2.45, 2.75) is 19.3 Å². The molecule has 3 nitrogen and oxygen atoms in total. The van der Waals surface area contributed by atoms with Crippen LogP contribution in [0.25, 0.3) is 0 Å². The number of hydrogen-bond acceptors (Lipinski definition) is 1. The number of hydrogen-bond donors (Lipinski definition) is 1. The van der Waals surface area contributed by atoms with Crippen LogP contribution in [-0.2, 0) is 0 Å². The van der Waals surface area contributed by atoms with Gasteiger partial charge in [-0.3, -0.25) is 0 Å². The van der Waals surface area contributed by atoms with E-state index in [0.717, 1.165) is 19.4 Å². The maximum absolute atomic E-state index is 10.5. The van der Waals surface area contributed by atoms with Crippen molar-refractivity contribution in [2.24, 2.45) is 5.73 Å². The summed E-state index contributed by atoms with van der Waals surface area (Å²) in [6, 6.07) is -0.324. The topological polar surface area (TPSA) is 46.3 Å². The number of piperidine rings is 1. The molecular formula is C6H11N2O. The van der Waals surface area contributed by atoms with Crippen LogP contribution in [0.1, 0.15) is 19.3 Å². The van der Waals surface area contributed by atoms with Gasteiger partial charge in [-0.15, -0.1) is 0 Å². The van der Waals surface area contributed by atoms with Gasteiger partial charge in [-0.1, -0.05) is 0 Å². The molecule has 9 heavy (non-hydrogen) atoms. The molecule has 0 bridgehead atoms. The maximum Gasteiger partial charge on any atom is 0.315 e. The molecule has 1 fully saturated rings. The van der Waals surface area contributed by atoms with Crippen molar-refractivity contribution < 1.29 is 4.79 Å². The third-order valence-corrected chi connectivity index (χ3v) is 1.49. The lowest BCUT2D eigenvalue weighted by Gasteiger charge is -2.23. The number of amides is 2. The first-order chi connectivity index (χ1) is 4.30. The Bertz CT molecular complexity index is 108. The van der Waals surface area contributed by atoms with E-state index in [1.54, 1.807) is 4.90 Å². The van der Waals surface area contributed by atoms with E-state index in [4.69, 9.17) is 5.73 Å². The van der Waals surface area contributed by atoms with Crippen LogP contribution < -0.4 is 5.73 Å². The van der Waals surface area contributed by atoms with Crippen molar-refractivity contribution in [3.05, 3.63) is 6.54 Å². The minimum Gasteiger partial charge on any atom is -0.351 e. The highest BCUT2D eigenvalue weighted by Crippen LogP contribution is 2.11. The fraction of sp³-hybridized carbons (Fsp3) is 0.667. The Morgan fingerprint density at radius 3 is 2.67 bits per heavy atom. The maximum atomic E-state index is 10.5. The number of rotatable bonds is 0. The summed E-state index contributed by atoms with van der Waals surface area (Å²) in [6.07, 6.45) is 3.26. The van der Waals surface area contributed by atoms with Gasteiger partial charge in [-0.25, -0.2) is 4.79 Å². The second-order valence-corrected chi connectivity index (χ2v) is 2.21. The third-order valence-electron chi connectivity index (χ3n) is 1.49. The fourth-order valence-corrected chi connectivity index (χ4v) is 0.965. The van der Waals surface area contributed by atoms with E-state index < -0.39 is 0 Å². The number of likely N-dealkylation sites (tertiary alicyclic amines) is 1. The first kappa shape index (κ1) is 6.39. The molecule has 0 atom stereocenters. The van der Waals surface area contributed by atoms with Crippen LogP contribution in [-0.4, -0.2) is 17.5 Å². The van der Waals surface area contributed by atoms with Gasteiger partial charge in [-0.05, 0) is 19.3 Å². The Morgan fingerprint density at radius 2 is 2.33 bits per heavy atom. The predicted octanol–water partition coefficient (Wildman–Crippen LogP) is 0.713. The standard InChI is InChI=1S/C6H11N2O/c7-6(9)8-4-2-1-3-5-8/h4H,1-3,5H2,(H2,7,9). The molecular weight excluding hydrogens is 116 g/mol. The average molecular weight is 127 g/mol. The predicted molar refractivity (Wildman–Crippen MR) is 34.4 cm³/mol. The summed E-state index contributed by atoms with van der Waals surface area (Å²) in [6.45, 7) is 2.67. The van der Waals surface area contributed by atoms with E-state index in [1.807, 2.05) is 6.54 Å². The molecule has 2 N–H and O–H groups in total. The SMILES string of the molecule is NC(=O)N1[CH]CCCC1. The zero-order chi connectivity index (χ0) is 6.69. The highest BCUT2D eigenvalue weighted by atomic mass is 16.2. The molecule has 2 amide bonds. The van der Waals surface area contributed by atoms with Crippen molar-refractivity contribution in [3.8, 4) is 0 Å². The molecule has 1 aliphatic heterocycles. The van der Waals surface area contributed by atoms with Crippen molar-refractivity contribution >= 4 is 6.03 Å². The van der Waals surface area contributed by atoms with Gasteiger partial charge in [0.1, 0.15) is 0 Å². The zero-order valence-electron chi connectivity index (χ0n) is 5.34. The molecule has 0 unspecified atom stereocenters. The molecule has 0 saturated carbocycles. The van der Waals surface area contributed by atoms with Gasteiger partial charge in [0.2, 0.25) is 0 Å². The molecule has 51 valence electrons. The van der Waals surface area contributed by atoms with Gasteiger partial charge in [0, 0.05) is 6.54 Å². The molecule has 0 aliphatic carbocycles. The lowest BCUT2D eigenvalue weighted by atomic mass is 10.1. The number of carbonyl (C=O) groups excluding carboxylic acids is 1. The number of urea groups is 1. The van der Waals surface area contributed by atoms with E-state index in [-0.39, 0.29) is 6.03 Å². The quantitative estimate of drug-likeness (QED) is 0.512. The lowest BCUT2D eigenvalue weighted by molar-refractivity contribution is 0.210. The Morgan fingerprint density at radius 1 is 1.56 bits per heavy atom. The largest absolute Gasteiger partial charge is 0.351 e. The van der Waals surface area contributed by atoms with Crippen LogP contribution >= 0.6 is 0 Å². The van der Waals surface area contributed by atoms with E-state index >= 15 is 0 Å². The highest BCUT2D eigenvalue weighted by molar-refractivity contribution is 5.72. The van der Waals surface area contributed by atoms with Gasteiger partial charge in [0.05, 0.1) is 6.54 Å². The molecule has 1 saturated heterocycles. The first-order valence-electron chi connectivity index (χ1n) is 3.20. The van der Waals surface area contributed by atoms with Gasteiger partial charge in [-0.2, -0.15) is 0 Å². The van der Waals surface area contributed by atoms with E-state index in [9.17, 15) is 4.79 Å². The molecule has 0 aromatic heterocycles. The van der Waals surface area contributed by atoms with Crippen molar-refractivity contribution in [3.63, 3.8) is 0 Å². The second-order valence-electron chi connectivity index (χ2n) is 2.21. The highest BCUT2D eigenvalue weighted by Gasteiger charge is 2.12. The Labute approximate surface area is 54.8 Å². The van der Waals surface area contributed by atoms with Gasteiger partial charge in [0.25, 0.3) is 0 Å². The monoisotopic (exact) mass is 127 g/mol. The molecule has 0 aromatic carbocycles. The molecule has 3 heteroatoms. The zero-order valence-corrected chi connectivity index (χ0v) is 5.34. The summed E-state index contributed by atoms with van der Waals surface area (Å²) in [4.78, 5) is 12.0. The number of carbonyl (C=O) groups is 1. The van der Waals surface area contributed by atoms with Crippen molar-refractivity contribution in [1.82, 2.24) is 4.90 Å². The number of nitrogens with two attached hydrogens (primary N) is 1. The van der Waals surface area contributed by atoms with Crippen LogP contribution in [0.3, 0.4) is 0 Å². The molecule has 1 rings (SSSR count). The Balaban J connectivity index is 2.31. The van der Waals surface area contributed by atoms with Crippen molar-refractivity contribution in [2.75, 3.05) is 6.54 Å². The van der Waals surface area contributed by atoms with Crippen LogP contribution in [0.5, 0.6) is 0 Å². The number of primary amides is 1. The normalized spacial score (nSPS) is 19.8. The summed E-state index contributed by atoms with van der Waals surface area (Å²) in [5.74, 6) is 0. The summed E-state index contributed by atoms with van der Waals surface area (Å²) in [5.41, 5.74) is 5.02. The first-order valence-corrected chi connectivity index (χ1v) is 3.20. The van der Waals surface area contributed by atoms with Crippen LogP contribution in [0.2, 0.25) is 0 Å². The summed E-state index contributed by atoms with van der Waals surface area (Å²) < 4.78 is 0. The van der Waals surface area contributed by atoms with Crippen LogP contribution in [0, 0.1) is 6.54 Å². The molecule has 1 radical (unpaired) electrons. The fourth-order valence-electron chi connectivity index (χ4n) is 0.965. The van der Waals surface area contributed by atoms with Gasteiger partial charge < -0.3 is 10.6 Å². The smallest absolute Gasteiger partial charge is 0.315 e. The van der Waals surface area contributed by atoms with E-state index in [2.05, 4.69) is 0 Å². The molecule has 0 aromatic rings. The molecule has 0 spiro atoms. The molecule has 1 aliphatic rings. The summed E-state index contributed by atoms with van der Waals surface area (Å²) >= 11 is 0.